The van der Waals surface area contributed by atoms with Crippen molar-refractivity contribution in [2.75, 3.05) is 13.1 Å². The third-order valence-electron chi connectivity index (χ3n) is 4.56. The summed E-state index contributed by atoms with van der Waals surface area (Å²) in [5.41, 5.74) is 0.783. The van der Waals surface area contributed by atoms with E-state index in [2.05, 4.69) is 4.90 Å². The van der Waals surface area contributed by atoms with E-state index in [4.69, 9.17) is 5.11 Å². The second-order valence-electron chi connectivity index (χ2n) is 5.86. The number of aromatic carboxylic acids is 1. The lowest BCUT2D eigenvalue weighted by Gasteiger charge is -2.30. The van der Waals surface area contributed by atoms with Crippen molar-refractivity contribution in [1.82, 2.24) is 4.90 Å². The number of carbonyl (C=O) groups is 2. The molecular formula is C15H17NO4. The van der Waals surface area contributed by atoms with Gasteiger partial charge in [-0.05, 0) is 43.0 Å². The number of hydrogen-bond donors (Lipinski definition) is 2. The predicted octanol–water partition coefficient (Wildman–Crippen LogP) is 1.68. The molecular weight excluding hydrogens is 258 g/mol. The lowest BCUT2D eigenvalue weighted by molar-refractivity contribution is -0.145. The lowest BCUT2D eigenvalue weighted by atomic mass is 9.97. The molecule has 1 aliphatic carbocycles. The van der Waals surface area contributed by atoms with Crippen molar-refractivity contribution in [3.05, 3.63) is 35.4 Å². The van der Waals surface area contributed by atoms with Gasteiger partial charge in [0.1, 0.15) is 0 Å². The monoisotopic (exact) mass is 275 g/mol. The number of aliphatic carboxylic acids is 1. The number of carboxylic acid groups (broad SMARTS) is 2. The van der Waals surface area contributed by atoms with Crippen molar-refractivity contribution in [2.24, 2.45) is 11.3 Å². The normalized spacial score (nSPS) is 28.7. The van der Waals surface area contributed by atoms with E-state index in [1.807, 2.05) is 0 Å². The predicted molar refractivity (Wildman–Crippen MR) is 71.5 cm³/mol. The van der Waals surface area contributed by atoms with Crippen LogP contribution in [0, 0.1) is 11.3 Å². The summed E-state index contributed by atoms with van der Waals surface area (Å²) >= 11 is 0. The van der Waals surface area contributed by atoms with Gasteiger partial charge in [0, 0.05) is 13.1 Å². The first kappa shape index (κ1) is 13.1. The molecule has 2 aliphatic rings. The molecule has 1 aromatic carbocycles. The van der Waals surface area contributed by atoms with Crippen LogP contribution < -0.4 is 0 Å². The molecule has 1 saturated heterocycles. The minimum absolute atomic E-state index is 0.275. The molecule has 0 aromatic heterocycles. The first-order valence-electron chi connectivity index (χ1n) is 6.79. The number of piperidine rings is 1. The fourth-order valence-corrected chi connectivity index (χ4v) is 3.24. The Labute approximate surface area is 116 Å². The van der Waals surface area contributed by atoms with Gasteiger partial charge >= 0.3 is 11.9 Å². The smallest absolute Gasteiger partial charge is 0.335 e. The number of fused-ring (bicyclic) bond motifs is 1. The molecule has 5 nitrogen and oxygen atoms in total. The van der Waals surface area contributed by atoms with Crippen LogP contribution >= 0.6 is 0 Å². The van der Waals surface area contributed by atoms with Gasteiger partial charge in [0.25, 0.3) is 0 Å². The van der Waals surface area contributed by atoms with Gasteiger partial charge in [0.05, 0.1) is 11.0 Å². The Bertz CT molecular complexity index is 553. The second-order valence-corrected chi connectivity index (χ2v) is 5.86. The molecule has 5 heteroatoms. The van der Waals surface area contributed by atoms with Crippen LogP contribution in [0.4, 0.5) is 0 Å². The van der Waals surface area contributed by atoms with Gasteiger partial charge in [-0.25, -0.2) is 4.79 Å². The van der Waals surface area contributed by atoms with Crippen molar-refractivity contribution in [2.45, 2.75) is 19.4 Å². The van der Waals surface area contributed by atoms with Crippen molar-refractivity contribution < 1.29 is 19.8 Å². The van der Waals surface area contributed by atoms with E-state index in [-0.39, 0.29) is 5.56 Å². The molecule has 1 heterocycles. The van der Waals surface area contributed by atoms with Crippen molar-refractivity contribution in [1.29, 1.82) is 0 Å². The summed E-state index contributed by atoms with van der Waals surface area (Å²) in [6.45, 7) is 2.20. The minimum Gasteiger partial charge on any atom is -0.481 e. The summed E-state index contributed by atoms with van der Waals surface area (Å²) in [6, 6.07) is 6.79. The van der Waals surface area contributed by atoms with Crippen LogP contribution in [0.2, 0.25) is 0 Å². The molecule has 2 fully saturated rings. The number of hydrogen-bond acceptors (Lipinski definition) is 3. The van der Waals surface area contributed by atoms with Gasteiger partial charge in [-0.1, -0.05) is 12.1 Å². The largest absolute Gasteiger partial charge is 0.481 e. The van der Waals surface area contributed by atoms with Gasteiger partial charge < -0.3 is 10.2 Å². The van der Waals surface area contributed by atoms with Gasteiger partial charge in [-0.2, -0.15) is 0 Å². The Hall–Kier alpha value is -1.88. The summed E-state index contributed by atoms with van der Waals surface area (Å²) in [4.78, 5) is 24.3. The summed E-state index contributed by atoms with van der Waals surface area (Å²) < 4.78 is 0. The number of rotatable bonds is 4. The summed E-state index contributed by atoms with van der Waals surface area (Å²) in [7, 11) is 0. The average Bonchev–Trinajstić information content (AvgIpc) is 3.14. The molecule has 2 atom stereocenters. The molecule has 0 spiro atoms. The van der Waals surface area contributed by atoms with Crippen molar-refractivity contribution in [3.8, 4) is 0 Å². The molecule has 2 N–H and O–H groups in total. The number of nitrogens with zero attached hydrogens (tertiary/aromatic N) is 1. The van der Waals surface area contributed by atoms with E-state index in [1.54, 1.807) is 24.3 Å². The Balaban J connectivity index is 1.66. The third-order valence-corrected chi connectivity index (χ3v) is 4.56. The molecule has 1 aliphatic heterocycles. The highest BCUT2D eigenvalue weighted by Gasteiger charge is 2.62. The molecule has 2 unspecified atom stereocenters. The highest BCUT2D eigenvalue weighted by Crippen LogP contribution is 2.57. The third kappa shape index (κ3) is 2.18. The summed E-state index contributed by atoms with van der Waals surface area (Å²) in [5, 5.41) is 18.2. The quantitative estimate of drug-likeness (QED) is 0.874. The topological polar surface area (TPSA) is 77.8 Å². The average molecular weight is 275 g/mol. The maximum absolute atomic E-state index is 11.3. The van der Waals surface area contributed by atoms with Gasteiger partial charge in [-0.15, -0.1) is 0 Å². The van der Waals surface area contributed by atoms with Crippen LogP contribution in [-0.2, 0) is 11.3 Å². The van der Waals surface area contributed by atoms with E-state index < -0.39 is 17.4 Å². The minimum atomic E-state index is -0.930. The standard InChI is InChI=1S/C15H17NO4/c17-13(18)11-3-1-10(2-4-11)8-16-6-5-12-7-15(12,9-16)14(19)20/h1-4,12H,5-9H2,(H,17,18)(H,19,20). The van der Waals surface area contributed by atoms with E-state index >= 15 is 0 Å². The van der Waals surface area contributed by atoms with Crippen LogP contribution in [0.15, 0.2) is 24.3 Å². The van der Waals surface area contributed by atoms with Crippen LogP contribution in [0.1, 0.15) is 28.8 Å². The fourth-order valence-electron chi connectivity index (χ4n) is 3.24. The number of carboxylic acids is 2. The van der Waals surface area contributed by atoms with Gasteiger partial charge in [-0.3, -0.25) is 9.69 Å². The fraction of sp³-hybridized carbons (Fsp3) is 0.467. The van der Waals surface area contributed by atoms with Crippen LogP contribution in [0.5, 0.6) is 0 Å². The molecule has 3 rings (SSSR count). The Morgan fingerprint density at radius 3 is 2.55 bits per heavy atom. The first-order valence-corrected chi connectivity index (χ1v) is 6.79. The van der Waals surface area contributed by atoms with Crippen LogP contribution in [0.25, 0.3) is 0 Å². The SMILES string of the molecule is O=C(O)c1ccc(CN2CCC3CC3(C(=O)O)C2)cc1. The zero-order chi connectivity index (χ0) is 14.3. The highest BCUT2D eigenvalue weighted by atomic mass is 16.4. The van der Waals surface area contributed by atoms with Gasteiger partial charge in [0.15, 0.2) is 0 Å². The van der Waals surface area contributed by atoms with E-state index in [9.17, 15) is 14.7 Å². The first-order chi connectivity index (χ1) is 9.51. The molecule has 1 aromatic rings. The van der Waals surface area contributed by atoms with Crippen molar-refractivity contribution >= 4 is 11.9 Å². The van der Waals surface area contributed by atoms with Crippen molar-refractivity contribution in [3.63, 3.8) is 0 Å². The molecule has 106 valence electrons. The molecule has 20 heavy (non-hydrogen) atoms. The van der Waals surface area contributed by atoms with E-state index in [0.717, 1.165) is 24.9 Å². The number of benzene rings is 1. The Morgan fingerprint density at radius 2 is 1.95 bits per heavy atom. The zero-order valence-corrected chi connectivity index (χ0v) is 11.1. The van der Waals surface area contributed by atoms with Crippen LogP contribution in [-0.4, -0.2) is 40.1 Å². The Morgan fingerprint density at radius 1 is 1.25 bits per heavy atom. The molecule has 0 bridgehead atoms. The van der Waals surface area contributed by atoms with Crippen LogP contribution in [0.3, 0.4) is 0 Å². The molecule has 1 saturated carbocycles. The highest BCUT2D eigenvalue weighted by molar-refractivity contribution is 5.87. The maximum atomic E-state index is 11.3. The molecule has 0 amide bonds. The lowest BCUT2D eigenvalue weighted by Crippen LogP contribution is -2.40. The Kier molecular flexibility index (Phi) is 3.01. The zero-order valence-electron chi connectivity index (χ0n) is 11.1. The summed E-state index contributed by atoms with van der Waals surface area (Å²) in [5.74, 6) is -1.25. The second kappa shape index (κ2) is 4.59. The summed E-state index contributed by atoms with van der Waals surface area (Å²) in [6.07, 6.45) is 1.75. The maximum Gasteiger partial charge on any atom is 0.335 e. The van der Waals surface area contributed by atoms with Gasteiger partial charge in [0.2, 0.25) is 0 Å². The number of likely N-dealkylation sites (tertiary alicyclic amines) is 1. The van der Waals surface area contributed by atoms with E-state index in [1.165, 1.54) is 0 Å². The molecule has 0 radical (unpaired) electrons. The van der Waals surface area contributed by atoms with E-state index in [0.29, 0.717) is 19.0 Å².